The zero-order valence-electron chi connectivity index (χ0n) is 13.6. The van der Waals surface area contributed by atoms with Crippen LogP contribution in [0.2, 0.25) is 5.02 Å². The quantitative estimate of drug-likeness (QED) is 0.865. The van der Waals surface area contributed by atoms with E-state index in [0.29, 0.717) is 12.6 Å². The molecule has 2 aliphatic rings. The molecule has 6 heteroatoms. The van der Waals surface area contributed by atoms with Gasteiger partial charge in [0.25, 0.3) is 0 Å². The van der Waals surface area contributed by atoms with Gasteiger partial charge >= 0.3 is 6.03 Å². The third-order valence-electron chi connectivity index (χ3n) is 4.60. The van der Waals surface area contributed by atoms with Crippen LogP contribution in [-0.4, -0.2) is 61.6 Å². The molecule has 0 radical (unpaired) electrons. The molecule has 5 nitrogen and oxygen atoms in total. The van der Waals surface area contributed by atoms with Gasteiger partial charge in [0.1, 0.15) is 0 Å². The lowest BCUT2D eigenvalue weighted by atomic mass is 10.0. The molecule has 1 aliphatic carbocycles. The number of nitrogens with one attached hydrogen (secondary N) is 2. The summed E-state index contributed by atoms with van der Waals surface area (Å²) in [5, 5.41) is 6.76. The molecule has 0 bridgehead atoms. The van der Waals surface area contributed by atoms with Crippen LogP contribution in [0.15, 0.2) is 24.3 Å². The normalized spacial score (nSPS) is 21.0. The number of carbonyl (C=O) groups excluding carboxylic acids is 1. The summed E-state index contributed by atoms with van der Waals surface area (Å²) in [5.41, 5.74) is 1.20. The predicted molar refractivity (Wildman–Crippen MR) is 92.8 cm³/mol. The van der Waals surface area contributed by atoms with Gasteiger partial charge < -0.3 is 15.5 Å². The molecule has 1 aromatic carbocycles. The summed E-state index contributed by atoms with van der Waals surface area (Å²) in [4.78, 5) is 16.7. The van der Waals surface area contributed by atoms with E-state index in [9.17, 15) is 4.79 Å². The third kappa shape index (κ3) is 4.83. The van der Waals surface area contributed by atoms with Gasteiger partial charge in [-0.05, 0) is 37.6 Å². The first kappa shape index (κ1) is 16.6. The molecule has 3 rings (SSSR count). The Kier molecular flexibility index (Phi) is 5.41. The van der Waals surface area contributed by atoms with E-state index in [4.69, 9.17) is 11.6 Å². The second kappa shape index (κ2) is 7.51. The first-order chi connectivity index (χ1) is 11.1. The Labute approximate surface area is 143 Å². The predicted octanol–water partition coefficient (Wildman–Crippen LogP) is 2.09. The van der Waals surface area contributed by atoms with Gasteiger partial charge in [-0.25, -0.2) is 4.79 Å². The SMILES string of the molecule is CN1CCN(C(CNC(=O)NC2CC2)c2ccc(Cl)cc2)CC1. The summed E-state index contributed by atoms with van der Waals surface area (Å²) in [6.45, 7) is 4.74. The van der Waals surface area contributed by atoms with Crippen molar-refractivity contribution in [3.05, 3.63) is 34.9 Å². The lowest BCUT2D eigenvalue weighted by molar-refractivity contribution is 0.111. The van der Waals surface area contributed by atoms with Crippen LogP contribution in [0.4, 0.5) is 4.79 Å². The Bertz CT molecular complexity index is 524. The fourth-order valence-electron chi connectivity index (χ4n) is 2.93. The van der Waals surface area contributed by atoms with Gasteiger partial charge in [0, 0.05) is 43.8 Å². The number of carbonyl (C=O) groups is 1. The van der Waals surface area contributed by atoms with E-state index in [2.05, 4.69) is 39.6 Å². The van der Waals surface area contributed by atoms with E-state index in [1.807, 2.05) is 12.1 Å². The number of hydrogen-bond donors (Lipinski definition) is 2. The van der Waals surface area contributed by atoms with E-state index in [1.54, 1.807) is 0 Å². The van der Waals surface area contributed by atoms with Crippen LogP contribution < -0.4 is 10.6 Å². The summed E-state index contributed by atoms with van der Waals surface area (Å²) in [6, 6.07) is 8.48. The minimum atomic E-state index is -0.0550. The molecule has 0 aromatic heterocycles. The Morgan fingerprint density at radius 3 is 2.48 bits per heavy atom. The number of likely N-dealkylation sites (N-methyl/N-ethyl adjacent to an activating group) is 1. The van der Waals surface area contributed by atoms with Crippen LogP contribution in [0, 0.1) is 0 Å². The lowest BCUT2D eigenvalue weighted by Gasteiger charge is -2.38. The molecule has 2 amide bonds. The Balaban J connectivity index is 1.64. The van der Waals surface area contributed by atoms with Crippen molar-refractivity contribution >= 4 is 17.6 Å². The van der Waals surface area contributed by atoms with E-state index < -0.39 is 0 Å². The molecule has 1 atom stereocenters. The van der Waals surface area contributed by atoms with E-state index >= 15 is 0 Å². The van der Waals surface area contributed by atoms with Gasteiger partial charge in [0.15, 0.2) is 0 Å². The summed E-state index contributed by atoms with van der Waals surface area (Å²) in [6.07, 6.45) is 2.21. The summed E-state index contributed by atoms with van der Waals surface area (Å²) < 4.78 is 0. The monoisotopic (exact) mass is 336 g/mol. The van der Waals surface area contributed by atoms with Crippen molar-refractivity contribution in [3.8, 4) is 0 Å². The van der Waals surface area contributed by atoms with Crippen molar-refractivity contribution in [2.45, 2.75) is 24.9 Å². The Morgan fingerprint density at radius 2 is 1.87 bits per heavy atom. The molecule has 1 heterocycles. The largest absolute Gasteiger partial charge is 0.336 e. The van der Waals surface area contributed by atoms with Gasteiger partial charge in [-0.1, -0.05) is 23.7 Å². The highest BCUT2D eigenvalue weighted by Gasteiger charge is 2.26. The van der Waals surface area contributed by atoms with Crippen LogP contribution in [0.5, 0.6) is 0 Å². The molecular weight excluding hydrogens is 312 g/mol. The highest BCUT2D eigenvalue weighted by molar-refractivity contribution is 6.30. The average molecular weight is 337 g/mol. The van der Waals surface area contributed by atoms with Crippen molar-refractivity contribution in [3.63, 3.8) is 0 Å². The van der Waals surface area contributed by atoms with Crippen molar-refractivity contribution in [2.24, 2.45) is 0 Å². The van der Waals surface area contributed by atoms with Gasteiger partial charge in [0.05, 0.1) is 6.04 Å². The maximum atomic E-state index is 11.9. The van der Waals surface area contributed by atoms with Gasteiger partial charge in [-0.15, -0.1) is 0 Å². The topological polar surface area (TPSA) is 47.6 Å². The Hall–Kier alpha value is -1.30. The molecule has 23 heavy (non-hydrogen) atoms. The zero-order valence-corrected chi connectivity index (χ0v) is 14.4. The molecular formula is C17H25ClN4O. The standard InChI is InChI=1S/C17H25ClN4O/c1-21-8-10-22(11-9-21)16(13-2-4-14(18)5-3-13)12-19-17(23)20-15-6-7-15/h2-5,15-16H,6-12H2,1H3,(H2,19,20,23). The number of amides is 2. The fourth-order valence-corrected chi connectivity index (χ4v) is 3.06. The molecule has 2 N–H and O–H groups in total. The molecule has 126 valence electrons. The number of piperazine rings is 1. The molecule has 0 spiro atoms. The smallest absolute Gasteiger partial charge is 0.315 e. The van der Waals surface area contributed by atoms with Crippen LogP contribution in [0.1, 0.15) is 24.4 Å². The number of benzene rings is 1. The number of rotatable bonds is 5. The second-order valence-corrected chi connectivity index (χ2v) is 6.97. The van der Waals surface area contributed by atoms with Crippen LogP contribution in [-0.2, 0) is 0 Å². The minimum Gasteiger partial charge on any atom is -0.336 e. The molecule has 1 aromatic rings. The first-order valence-electron chi connectivity index (χ1n) is 8.34. The van der Waals surface area contributed by atoms with E-state index in [-0.39, 0.29) is 12.1 Å². The maximum Gasteiger partial charge on any atom is 0.315 e. The second-order valence-electron chi connectivity index (χ2n) is 6.54. The van der Waals surface area contributed by atoms with Gasteiger partial charge in [-0.3, -0.25) is 4.90 Å². The average Bonchev–Trinajstić information content (AvgIpc) is 3.35. The number of urea groups is 1. The maximum absolute atomic E-state index is 11.9. The third-order valence-corrected chi connectivity index (χ3v) is 4.85. The van der Waals surface area contributed by atoms with Gasteiger partial charge in [-0.2, -0.15) is 0 Å². The van der Waals surface area contributed by atoms with Crippen molar-refractivity contribution in [1.82, 2.24) is 20.4 Å². The molecule has 1 aliphatic heterocycles. The molecule has 1 unspecified atom stereocenters. The number of nitrogens with zero attached hydrogens (tertiary/aromatic N) is 2. The summed E-state index contributed by atoms with van der Waals surface area (Å²) in [5.74, 6) is 0. The highest BCUT2D eigenvalue weighted by atomic mass is 35.5. The first-order valence-corrected chi connectivity index (χ1v) is 8.72. The van der Waals surface area contributed by atoms with Crippen molar-refractivity contribution in [1.29, 1.82) is 0 Å². The van der Waals surface area contributed by atoms with E-state index in [1.165, 1.54) is 5.56 Å². The van der Waals surface area contributed by atoms with Crippen molar-refractivity contribution < 1.29 is 4.79 Å². The van der Waals surface area contributed by atoms with Crippen LogP contribution in [0.3, 0.4) is 0 Å². The highest BCUT2D eigenvalue weighted by Crippen LogP contribution is 2.23. The number of halogens is 1. The molecule has 1 saturated carbocycles. The van der Waals surface area contributed by atoms with Gasteiger partial charge in [0.2, 0.25) is 0 Å². The molecule has 2 fully saturated rings. The molecule has 1 saturated heterocycles. The van der Waals surface area contributed by atoms with Crippen LogP contribution >= 0.6 is 11.6 Å². The van der Waals surface area contributed by atoms with Crippen molar-refractivity contribution in [2.75, 3.05) is 39.8 Å². The minimum absolute atomic E-state index is 0.0550. The summed E-state index contributed by atoms with van der Waals surface area (Å²) in [7, 11) is 2.15. The van der Waals surface area contributed by atoms with E-state index in [0.717, 1.165) is 44.0 Å². The zero-order chi connectivity index (χ0) is 16.2. The Morgan fingerprint density at radius 1 is 1.22 bits per heavy atom. The fraction of sp³-hybridized carbons (Fsp3) is 0.588. The lowest BCUT2D eigenvalue weighted by Crippen LogP contribution is -2.49. The summed E-state index contributed by atoms with van der Waals surface area (Å²) >= 11 is 6.01. The number of hydrogen-bond acceptors (Lipinski definition) is 3. The van der Waals surface area contributed by atoms with Crippen LogP contribution in [0.25, 0.3) is 0 Å².